The van der Waals surface area contributed by atoms with Gasteiger partial charge >= 0.3 is 0 Å². The third kappa shape index (κ3) is 6.57. The van der Waals surface area contributed by atoms with Crippen molar-refractivity contribution in [1.82, 2.24) is 0 Å². The quantitative estimate of drug-likeness (QED) is 0.170. The van der Waals surface area contributed by atoms with Crippen LogP contribution in [0.5, 0.6) is 0 Å². The molecule has 0 N–H and O–H groups in total. The molecule has 226 valence electrons. The molecule has 2 aliphatic rings. The molecule has 2 aliphatic carbocycles. The zero-order valence-electron chi connectivity index (χ0n) is 26.3. The summed E-state index contributed by atoms with van der Waals surface area (Å²) in [6, 6.07) is 34.4. The average molecular weight is 597 g/mol. The molecule has 2 heteroatoms. The Labute approximate surface area is 274 Å². The van der Waals surface area contributed by atoms with Crippen molar-refractivity contribution in [1.29, 1.82) is 0 Å². The van der Waals surface area contributed by atoms with Crippen LogP contribution < -0.4 is 9.80 Å². The minimum Gasteiger partial charge on any atom is -0.334 e. The highest BCUT2D eigenvalue weighted by atomic mass is 15.2. The molecule has 0 saturated carbocycles. The van der Waals surface area contributed by atoms with Gasteiger partial charge in [-0.05, 0) is 95.3 Å². The molecule has 0 bridgehead atoms. The monoisotopic (exact) mass is 596 g/mol. The number of allylic oxidation sites excluding steroid dienone is 5. The number of rotatable bonds is 11. The van der Waals surface area contributed by atoms with Crippen LogP contribution in [-0.4, -0.2) is 6.04 Å². The Balaban J connectivity index is 1.25. The first-order chi connectivity index (χ1) is 22.6. The fourth-order valence-corrected chi connectivity index (χ4v) is 6.28. The molecule has 0 saturated heterocycles. The third-order valence-electron chi connectivity index (χ3n) is 8.70. The third-order valence-corrected chi connectivity index (χ3v) is 8.70. The number of hydrogen-bond acceptors (Lipinski definition) is 2. The zero-order chi connectivity index (χ0) is 31.9. The fourth-order valence-electron chi connectivity index (χ4n) is 6.28. The van der Waals surface area contributed by atoms with Crippen LogP contribution in [0, 0.1) is 5.92 Å². The van der Waals surface area contributed by atoms with E-state index in [1.807, 2.05) is 24.3 Å². The van der Waals surface area contributed by atoms with Gasteiger partial charge in [-0.2, -0.15) is 0 Å². The molecule has 2 unspecified atom stereocenters. The van der Waals surface area contributed by atoms with Gasteiger partial charge in [-0.15, -0.1) is 0 Å². The summed E-state index contributed by atoms with van der Waals surface area (Å²) < 4.78 is 0. The van der Waals surface area contributed by atoms with E-state index in [9.17, 15) is 0 Å². The normalized spacial score (nSPS) is 17.0. The van der Waals surface area contributed by atoms with Crippen LogP contribution >= 0.6 is 0 Å². The largest absolute Gasteiger partial charge is 0.334 e. The van der Waals surface area contributed by atoms with Crippen molar-refractivity contribution in [2.45, 2.75) is 18.9 Å². The summed E-state index contributed by atoms with van der Waals surface area (Å²) in [5.74, 6) is 0.323. The SMILES string of the molecule is C=Cc1cccc(N(C2=CCC(C3=CCC(N(c4cccc(C=C)c4)c4cccc(C=C)c4)C=C3)C=C2)c2cccc(C=C)c2)c1. The summed E-state index contributed by atoms with van der Waals surface area (Å²) in [6.45, 7) is 16.0. The maximum atomic E-state index is 3.99. The molecule has 6 rings (SSSR count). The first-order valence-electron chi connectivity index (χ1n) is 15.9. The second-order valence-corrected chi connectivity index (χ2v) is 11.6. The van der Waals surface area contributed by atoms with Crippen LogP contribution in [0.25, 0.3) is 24.3 Å². The maximum absolute atomic E-state index is 3.99. The molecule has 0 fully saturated rings. The van der Waals surface area contributed by atoms with Gasteiger partial charge in [0, 0.05) is 34.4 Å². The maximum Gasteiger partial charge on any atom is 0.0560 e. The topological polar surface area (TPSA) is 6.48 Å². The number of nitrogens with zero attached hydrogens (tertiary/aromatic N) is 2. The van der Waals surface area contributed by atoms with Crippen molar-refractivity contribution in [2.24, 2.45) is 5.92 Å². The summed E-state index contributed by atoms with van der Waals surface area (Å²) >= 11 is 0. The van der Waals surface area contributed by atoms with E-state index >= 15 is 0 Å². The molecular formula is C44H40N2. The van der Waals surface area contributed by atoms with Crippen molar-refractivity contribution in [3.8, 4) is 0 Å². The highest BCUT2D eigenvalue weighted by Gasteiger charge is 2.24. The van der Waals surface area contributed by atoms with Gasteiger partial charge in [-0.1, -0.05) is 130 Å². The standard InChI is InChI=1S/C44H40N2/c1-5-33-13-9-17-41(29-33)45(42-18-10-14-34(6-2)30-42)39-25-21-37(22-26-39)38-23-27-40(28-24-38)46(43-19-11-15-35(7-3)31-43)44-20-12-16-36(8-4)32-44/h5-23,25,27-32,38-39H,1-4,24,26H2. The van der Waals surface area contributed by atoms with Crippen LogP contribution in [0.2, 0.25) is 0 Å². The summed E-state index contributed by atoms with van der Waals surface area (Å²) in [5.41, 5.74) is 11.4. The van der Waals surface area contributed by atoms with Crippen molar-refractivity contribution < 1.29 is 0 Å². The van der Waals surface area contributed by atoms with Gasteiger partial charge in [-0.25, -0.2) is 0 Å². The zero-order valence-corrected chi connectivity index (χ0v) is 26.3. The lowest BCUT2D eigenvalue weighted by Crippen LogP contribution is -2.30. The molecule has 46 heavy (non-hydrogen) atoms. The van der Waals surface area contributed by atoms with E-state index in [2.05, 4.69) is 170 Å². The van der Waals surface area contributed by atoms with Crippen molar-refractivity contribution in [2.75, 3.05) is 9.80 Å². The average Bonchev–Trinajstić information content (AvgIpc) is 3.13. The molecule has 0 aromatic heterocycles. The minimum absolute atomic E-state index is 0.187. The van der Waals surface area contributed by atoms with Crippen LogP contribution in [0.15, 0.2) is 171 Å². The van der Waals surface area contributed by atoms with Crippen LogP contribution in [0.1, 0.15) is 35.1 Å². The van der Waals surface area contributed by atoms with Gasteiger partial charge in [0.05, 0.1) is 6.04 Å². The van der Waals surface area contributed by atoms with Crippen molar-refractivity contribution in [3.63, 3.8) is 0 Å². The Hall–Kier alpha value is -5.60. The molecular weight excluding hydrogens is 556 g/mol. The Bertz CT molecular complexity index is 1800. The van der Waals surface area contributed by atoms with E-state index in [1.54, 1.807) is 0 Å². The van der Waals surface area contributed by atoms with Crippen LogP contribution in [-0.2, 0) is 0 Å². The predicted molar refractivity (Wildman–Crippen MR) is 201 cm³/mol. The fraction of sp³-hybridized carbons (Fsp3) is 0.0909. The summed E-state index contributed by atoms with van der Waals surface area (Å²) in [4.78, 5) is 4.74. The van der Waals surface area contributed by atoms with E-state index in [1.165, 1.54) is 5.57 Å². The van der Waals surface area contributed by atoms with Gasteiger partial charge < -0.3 is 9.80 Å². The van der Waals surface area contributed by atoms with E-state index in [-0.39, 0.29) is 6.04 Å². The Morgan fingerprint density at radius 1 is 0.522 bits per heavy atom. The second kappa shape index (κ2) is 14.0. The summed E-state index contributed by atoms with van der Waals surface area (Å²) in [5, 5.41) is 0. The van der Waals surface area contributed by atoms with Gasteiger partial charge in [-0.3, -0.25) is 0 Å². The number of anilines is 4. The first kappa shape index (κ1) is 30.4. The molecule has 4 aromatic carbocycles. The van der Waals surface area contributed by atoms with Crippen molar-refractivity contribution >= 4 is 47.1 Å². The highest BCUT2D eigenvalue weighted by molar-refractivity contribution is 5.74. The lowest BCUT2D eigenvalue weighted by Gasteiger charge is -2.34. The molecule has 4 aromatic rings. The van der Waals surface area contributed by atoms with Gasteiger partial charge in [0.15, 0.2) is 0 Å². The van der Waals surface area contributed by atoms with Gasteiger partial charge in [0.2, 0.25) is 0 Å². The smallest absolute Gasteiger partial charge is 0.0560 e. The molecule has 0 heterocycles. The minimum atomic E-state index is 0.187. The molecule has 0 aliphatic heterocycles. The lowest BCUT2D eigenvalue weighted by atomic mass is 9.86. The number of benzene rings is 4. The Morgan fingerprint density at radius 2 is 1.00 bits per heavy atom. The summed E-state index contributed by atoms with van der Waals surface area (Å²) in [6.07, 6.45) is 23.5. The van der Waals surface area contributed by atoms with E-state index in [0.717, 1.165) is 63.5 Å². The number of hydrogen-bond donors (Lipinski definition) is 0. The molecule has 0 amide bonds. The van der Waals surface area contributed by atoms with E-state index in [4.69, 9.17) is 0 Å². The molecule has 2 atom stereocenters. The molecule has 0 spiro atoms. The summed E-state index contributed by atoms with van der Waals surface area (Å²) in [7, 11) is 0. The lowest BCUT2D eigenvalue weighted by molar-refractivity contribution is 0.727. The van der Waals surface area contributed by atoms with Gasteiger partial charge in [0.1, 0.15) is 0 Å². The Morgan fingerprint density at radius 3 is 1.41 bits per heavy atom. The van der Waals surface area contributed by atoms with Crippen LogP contribution in [0.3, 0.4) is 0 Å². The first-order valence-corrected chi connectivity index (χ1v) is 15.9. The second-order valence-electron chi connectivity index (χ2n) is 11.6. The predicted octanol–water partition coefficient (Wildman–Crippen LogP) is 11.9. The Kier molecular flexibility index (Phi) is 9.27. The van der Waals surface area contributed by atoms with E-state index in [0.29, 0.717) is 5.92 Å². The van der Waals surface area contributed by atoms with E-state index < -0.39 is 0 Å². The molecule has 2 nitrogen and oxygen atoms in total. The van der Waals surface area contributed by atoms with Gasteiger partial charge in [0.25, 0.3) is 0 Å². The molecule has 0 radical (unpaired) electrons. The highest BCUT2D eigenvalue weighted by Crippen LogP contribution is 2.38. The van der Waals surface area contributed by atoms with Crippen LogP contribution in [0.4, 0.5) is 22.7 Å². The van der Waals surface area contributed by atoms with Crippen molar-refractivity contribution in [3.05, 3.63) is 193 Å².